The molecule has 2 atom stereocenters. The van der Waals surface area contributed by atoms with Crippen LogP contribution in [0.4, 0.5) is 0 Å². The zero-order valence-corrected chi connectivity index (χ0v) is 11.0. The quantitative estimate of drug-likeness (QED) is 0.895. The van der Waals surface area contributed by atoms with E-state index in [1.165, 1.54) is 12.8 Å². The maximum atomic E-state index is 6.36. The lowest BCUT2D eigenvalue weighted by atomic mass is 9.74. The molecule has 2 N–H and O–H groups in total. The van der Waals surface area contributed by atoms with Gasteiger partial charge in [0, 0.05) is 23.5 Å². The van der Waals surface area contributed by atoms with E-state index in [4.69, 9.17) is 10.3 Å². The molecule has 1 aliphatic carbocycles. The Labute approximate surface area is 112 Å². The van der Waals surface area contributed by atoms with Gasteiger partial charge in [0.05, 0.1) is 5.92 Å². The first-order valence-electron chi connectivity index (χ1n) is 6.70. The van der Waals surface area contributed by atoms with Gasteiger partial charge in [-0.05, 0) is 31.9 Å². The van der Waals surface area contributed by atoms with Gasteiger partial charge in [0.25, 0.3) is 0 Å². The summed E-state index contributed by atoms with van der Waals surface area (Å²) >= 11 is 0. The second kappa shape index (κ2) is 4.74. The number of hydrogen-bond acceptors (Lipinski definition) is 5. The van der Waals surface area contributed by atoms with Gasteiger partial charge in [-0.25, -0.2) is 0 Å². The molecule has 0 spiro atoms. The van der Waals surface area contributed by atoms with Crippen LogP contribution in [0.1, 0.15) is 44.4 Å². The highest BCUT2D eigenvalue weighted by molar-refractivity contribution is 5.51. The molecule has 2 aromatic heterocycles. The minimum absolute atomic E-state index is 0.152. The van der Waals surface area contributed by atoms with E-state index < -0.39 is 0 Å². The molecule has 0 amide bonds. The zero-order valence-electron chi connectivity index (χ0n) is 11.0. The Balaban J connectivity index is 1.89. The topological polar surface area (TPSA) is 77.8 Å². The van der Waals surface area contributed by atoms with Gasteiger partial charge in [-0.3, -0.25) is 4.98 Å². The Kier molecular flexibility index (Phi) is 3.06. The summed E-state index contributed by atoms with van der Waals surface area (Å²) in [5, 5.41) is 4.05. The summed E-state index contributed by atoms with van der Waals surface area (Å²) < 4.78 is 5.43. The molecule has 2 aromatic rings. The van der Waals surface area contributed by atoms with Crippen LogP contribution in [-0.4, -0.2) is 20.7 Å². The highest BCUT2D eigenvalue weighted by Gasteiger charge is 2.37. The highest BCUT2D eigenvalue weighted by Crippen LogP contribution is 2.38. The molecule has 2 unspecified atom stereocenters. The van der Waals surface area contributed by atoms with Crippen molar-refractivity contribution in [3.63, 3.8) is 0 Å². The van der Waals surface area contributed by atoms with Gasteiger partial charge in [-0.15, -0.1) is 0 Å². The Morgan fingerprint density at radius 3 is 3.05 bits per heavy atom. The third-order valence-corrected chi connectivity index (χ3v) is 3.91. The number of pyridine rings is 1. The molecule has 3 rings (SSSR count). The maximum Gasteiger partial charge on any atom is 0.231 e. The Morgan fingerprint density at radius 1 is 1.42 bits per heavy atom. The van der Waals surface area contributed by atoms with E-state index in [9.17, 15) is 0 Å². The van der Waals surface area contributed by atoms with E-state index in [-0.39, 0.29) is 11.5 Å². The fraction of sp³-hybridized carbons (Fsp3) is 0.500. The molecular weight excluding hydrogens is 240 g/mol. The van der Waals surface area contributed by atoms with Crippen LogP contribution in [0.3, 0.4) is 0 Å². The molecule has 1 saturated carbocycles. The Bertz CT molecular complexity index is 550. The Morgan fingerprint density at radius 2 is 2.32 bits per heavy atom. The van der Waals surface area contributed by atoms with Crippen molar-refractivity contribution < 1.29 is 4.52 Å². The molecule has 1 fully saturated rings. The van der Waals surface area contributed by atoms with Crippen LogP contribution in [0.2, 0.25) is 0 Å². The molecule has 5 heteroatoms. The number of nitrogens with zero attached hydrogens (tertiary/aromatic N) is 3. The molecule has 0 saturated heterocycles. The largest absolute Gasteiger partial charge is 0.339 e. The first-order valence-corrected chi connectivity index (χ1v) is 6.70. The predicted molar refractivity (Wildman–Crippen MR) is 71.3 cm³/mol. The molecule has 0 bridgehead atoms. The number of aromatic nitrogens is 3. The number of rotatable bonds is 2. The molecule has 1 aliphatic rings. The van der Waals surface area contributed by atoms with Crippen molar-refractivity contribution in [3.8, 4) is 11.4 Å². The summed E-state index contributed by atoms with van der Waals surface area (Å²) in [6.07, 6.45) is 7.82. The van der Waals surface area contributed by atoms with E-state index in [1.807, 2.05) is 12.1 Å². The van der Waals surface area contributed by atoms with Crippen molar-refractivity contribution in [1.82, 2.24) is 15.1 Å². The van der Waals surface area contributed by atoms with Gasteiger partial charge < -0.3 is 10.3 Å². The second-order valence-electron chi connectivity index (χ2n) is 5.50. The molecular formula is C14H18N4O. The minimum atomic E-state index is -0.253. The summed E-state index contributed by atoms with van der Waals surface area (Å²) in [6.45, 7) is 2.07. The summed E-state index contributed by atoms with van der Waals surface area (Å²) in [5.74, 6) is 1.40. The van der Waals surface area contributed by atoms with Crippen LogP contribution in [0.5, 0.6) is 0 Å². The Hall–Kier alpha value is -1.75. The zero-order chi connectivity index (χ0) is 13.3. The summed E-state index contributed by atoms with van der Waals surface area (Å²) in [7, 11) is 0. The van der Waals surface area contributed by atoms with Crippen molar-refractivity contribution in [1.29, 1.82) is 0 Å². The highest BCUT2D eigenvalue weighted by atomic mass is 16.5. The predicted octanol–water partition coefficient (Wildman–Crippen LogP) is 2.51. The first-order chi connectivity index (χ1) is 9.17. The van der Waals surface area contributed by atoms with Gasteiger partial charge in [-0.1, -0.05) is 18.0 Å². The average Bonchev–Trinajstić information content (AvgIpc) is 2.88. The third kappa shape index (κ3) is 2.38. The standard InChI is InChI=1S/C14H18N4O/c1-14(15)7-3-2-6-11(14)13-17-12(18-19-13)10-5-4-8-16-9-10/h4-5,8-9,11H,2-3,6-7,15H2,1H3. The maximum absolute atomic E-state index is 6.36. The van der Waals surface area contributed by atoms with E-state index in [0.29, 0.717) is 11.7 Å². The van der Waals surface area contributed by atoms with E-state index in [2.05, 4.69) is 22.0 Å². The van der Waals surface area contributed by atoms with Crippen LogP contribution in [0.15, 0.2) is 29.0 Å². The van der Waals surface area contributed by atoms with Crippen molar-refractivity contribution in [2.24, 2.45) is 5.73 Å². The van der Waals surface area contributed by atoms with Crippen molar-refractivity contribution >= 4 is 0 Å². The van der Waals surface area contributed by atoms with Gasteiger partial charge >= 0.3 is 0 Å². The lowest BCUT2D eigenvalue weighted by Gasteiger charge is -2.35. The summed E-state index contributed by atoms with van der Waals surface area (Å²) in [6, 6.07) is 3.78. The van der Waals surface area contributed by atoms with Crippen LogP contribution in [-0.2, 0) is 0 Å². The summed E-state index contributed by atoms with van der Waals surface area (Å²) in [5.41, 5.74) is 6.98. The van der Waals surface area contributed by atoms with Gasteiger partial charge in [0.15, 0.2) is 0 Å². The van der Waals surface area contributed by atoms with Gasteiger partial charge in [-0.2, -0.15) is 4.98 Å². The SMILES string of the molecule is CC1(N)CCCCC1c1nc(-c2cccnc2)no1. The van der Waals surface area contributed by atoms with E-state index >= 15 is 0 Å². The van der Waals surface area contributed by atoms with Crippen molar-refractivity contribution in [2.45, 2.75) is 44.1 Å². The van der Waals surface area contributed by atoms with Crippen LogP contribution >= 0.6 is 0 Å². The molecule has 5 nitrogen and oxygen atoms in total. The molecule has 19 heavy (non-hydrogen) atoms. The lowest BCUT2D eigenvalue weighted by Crippen LogP contribution is -2.44. The van der Waals surface area contributed by atoms with E-state index in [0.717, 1.165) is 18.4 Å². The van der Waals surface area contributed by atoms with Gasteiger partial charge in [0.2, 0.25) is 11.7 Å². The normalized spacial score (nSPS) is 27.4. The van der Waals surface area contributed by atoms with Gasteiger partial charge in [0.1, 0.15) is 0 Å². The lowest BCUT2D eigenvalue weighted by molar-refractivity contribution is 0.223. The fourth-order valence-electron chi connectivity index (χ4n) is 2.75. The monoisotopic (exact) mass is 258 g/mol. The number of hydrogen-bond donors (Lipinski definition) is 1. The smallest absolute Gasteiger partial charge is 0.231 e. The average molecular weight is 258 g/mol. The van der Waals surface area contributed by atoms with Crippen LogP contribution < -0.4 is 5.73 Å². The molecule has 0 aromatic carbocycles. The number of nitrogens with two attached hydrogens (primary N) is 1. The molecule has 2 heterocycles. The van der Waals surface area contributed by atoms with Crippen LogP contribution in [0.25, 0.3) is 11.4 Å². The van der Waals surface area contributed by atoms with E-state index in [1.54, 1.807) is 12.4 Å². The second-order valence-corrected chi connectivity index (χ2v) is 5.50. The minimum Gasteiger partial charge on any atom is -0.339 e. The van der Waals surface area contributed by atoms with Crippen molar-refractivity contribution in [2.75, 3.05) is 0 Å². The van der Waals surface area contributed by atoms with Crippen LogP contribution in [0, 0.1) is 0 Å². The fourth-order valence-corrected chi connectivity index (χ4v) is 2.75. The summed E-state index contributed by atoms with van der Waals surface area (Å²) in [4.78, 5) is 8.57. The third-order valence-electron chi connectivity index (χ3n) is 3.91. The first kappa shape index (κ1) is 12.3. The molecule has 100 valence electrons. The molecule has 0 aliphatic heterocycles. The molecule has 0 radical (unpaired) electrons. The van der Waals surface area contributed by atoms with Crippen molar-refractivity contribution in [3.05, 3.63) is 30.4 Å².